The molecular weight excluding hydrogens is 280 g/mol. The van der Waals surface area contributed by atoms with Crippen molar-refractivity contribution in [1.29, 1.82) is 0 Å². The summed E-state index contributed by atoms with van der Waals surface area (Å²) in [5.41, 5.74) is 0. The summed E-state index contributed by atoms with van der Waals surface area (Å²) in [6, 6.07) is 0. The second-order valence-electron chi connectivity index (χ2n) is 6.62. The van der Waals surface area contributed by atoms with Crippen molar-refractivity contribution in [3.8, 4) is 0 Å². The van der Waals surface area contributed by atoms with E-state index >= 15 is 0 Å². The molecule has 1 fully saturated rings. The molecule has 0 aromatic heterocycles. The van der Waals surface area contributed by atoms with E-state index < -0.39 is 12.1 Å². The molecule has 4 nitrogen and oxygen atoms in total. The minimum Gasteiger partial charge on any atom is -0.479 e. The predicted octanol–water partition coefficient (Wildman–Crippen LogP) is 4.29. The van der Waals surface area contributed by atoms with Crippen LogP contribution in [0.2, 0.25) is 0 Å². The maximum atomic E-state index is 10.4. The number of carboxylic acids is 1. The highest BCUT2D eigenvalue weighted by molar-refractivity contribution is 5.71. The highest BCUT2D eigenvalue weighted by atomic mass is 16.6. The van der Waals surface area contributed by atoms with E-state index in [9.17, 15) is 4.79 Å². The Morgan fingerprint density at radius 3 is 1.95 bits per heavy atom. The molecule has 0 saturated carbocycles. The maximum Gasteiger partial charge on any atom is 0.332 e. The minimum atomic E-state index is -1.19. The van der Waals surface area contributed by atoms with Gasteiger partial charge >= 0.3 is 5.97 Å². The predicted molar refractivity (Wildman–Crippen MR) is 88.0 cm³/mol. The van der Waals surface area contributed by atoms with E-state index in [1.165, 1.54) is 44.9 Å². The SMILES string of the molecule is CCCCCCCCC1OC1CCCCCCC(O)C(=O)O. The third-order valence-corrected chi connectivity index (χ3v) is 4.53. The summed E-state index contributed by atoms with van der Waals surface area (Å²) in [7, 11) is 0. The van der Waals surface area contributed by atoms with Gasteiger partial charge in [0.2, 0.25) is 0 Å². The van der Waals surface area contributed by atoms with Gasteiger partial charge in [0.1, 0.15) is 0 Å². The van der Waals surface area contributed by atoms with Crippen LogP contribution in [-0.2, 0) is 9.53 Å². The number of rotatable bonds is 15. The zero-order chi connectivity index (χ0) is 16.2. The van der Waals surface area contributed by atoms with Crippen molar-refractivity contribution >= 4 is 5.97 Å². The summed E-state index contributed by atoms with van der Waals surface area (Å²) in [6.07, 6.45) is 14.7. The molecular formula is C18H34O4. The third-order valence-electron chi connectivity index (χ3n) is 4.53. The van der Waals surface area contributed by atoms with Gasteiger partial charge in [-0.15, -0.1) is 0 Å². The first-order chi connectivity index (χ1) is 10.6. The van der Waals surface area contributed by atoms with Crippen molar-refractivity contribution in [2.75, 3.05) is 0 Å². The largest absolute Gasteiger partial charge is 0.479 e. The molecule has 0 aliphatic carbocycles. The van der Waals surface area contributed by atoms with Gasteiger partial charge < -0.3 is 14.9 Å². The standard InChI is InChI=1S/C18H34O4/c1-2-3-4-5-6-10-13-16-17(22-16)14-11-8-7-9-12-15(19)18(20)21/h15-17,19H,2-14H2,1H3,(H,20,21). The van der Waals surface area contributed by atoms with Crippen molar-refractivity contribution in [3.05, 3.63) is 0 Å². The summed E-state index contributed by atoms with van der Waals surface area (Å²) < 4.78 is 5.70. The van der Waals surface area contributed by atoms with Gasteiger partial charge in [-0.05, 0) is 19.3 Å². The Hall–Kier alpha value is -0.610. The summed E-state index contributed by atoms with van der Waals surface area (Å²) >= 11 is 0. The van der Waals surface area contributed by atoms with E-state index in [0.29, 0.717) is 18.6 Å². The lowest BCUT2D eigenvalue weighted by atomic mass is 10.0. The number of ether oxygens (including phenoxy) is 1. The van der Waals surface area contributed by atoms with Crippen LogP contribution in [0.5, 0.6) is 0 Å². The van der Waals surface area contributed by atoms with Gasteiger partial charge in [0.05, 0.1) is 12.2 Å². The van der Waals surface area contributed by atoms with E-state index in [1.807, 2.05) is 0 Å². The molecule has 0 spiro atoms. The quantitative estimate of drug-likeness (QED) is 0.349. The molecule has 3 atom stereocenters. The van der Waals surface area contributed by atoms with Crippen LogP contribution in [0.3, 0.4) is 0 Å². The summed E-state index contributed by atoms with van der Waals surface area (Å²) in [5, 5.41) is 17.7. The van der Waals surface area contributed by atoms with Gasteiger partial charge in [-0.25, -0.2) is 4.79 Å². The zero-order valence-electron chi connectivity index (χ0n) is 14.1. The number of aliphatic carboxylic acids is 1. The van der Waals surface area contributed by atoms with Crippen molar-refractivity contribution in [2.45, 2.75) is 109 Å². The van der Waals surface area contributed by atoms with Crippen molar-refractivity contribution in [1.82, 2.24) is 0 Å². The molecule has 0 aromatic carbocycles. The van der Waals surface area contributed by atoms with Gasteiger partial charge in [-0.2, -0.15) is 0 Å². The number of hydrogen-bond acceptors (Lipinski definition) is 3. The van der Waals surface area contributed by atoms with Crippen LogP contribution in [0.15, 0.2) is 0 Å². The Bertz CT molecular complexity index is 293. The van der Waals surface area contributed by atoms with Crippen LogP contribution in [0.4, 0.5) is 0 Å². The van der Waals surface area contributed by atoms with Crippen LogP contribution in [0.1, 0.15) is 90.4 Å². The van der Waals surface area contributed by atoms with Gasteiger partial charge in [-0.1, -0.05) is 71.1 Å². The van der Waals surface area contributed by atoms with Crippen LogP contribution < -0.4 is 0 Å². The molecule has 1 aliphatic rings. The van der Waals surface area contributed by atoms with Crippen LogP contribution in [-0.4, -0.2) is 34.5 Å². The first kappa shape index (κ1) is 19.4. The lowest BCUT2D eigenvalue weighted by molar-refractivity contribution is -0.146. The number of carbonyl (C=O) groups is 1. The highest BCUT2D eigenvalue weighted by Crippen LogP contribution is 2.31. The van der Waals surface area contributed by atoms with E-state index in [1.54, 1.807) is 0 Å². The van der Waals surface area contributed by atoms with Crippen molar-refractivity contribution in [3.63, 3.8) is 0 Å². The van der Waals surface area contributed by atoms with Gasteiger partial charge in [0.25, 0.3) is 0 Å². The average Bonchev–Trinajstić information content (AvgIpc) is 3.24. The summed E-state index contributed by atoms with van der Waals surface area (Å²) in [4.78, 5) is 10.4. The van der Waals surface area contributed by atoms with E-state index in [4.69, 9.17) is 14.9 Å². The molecule has 0 aromatic rings. The minimum absolute atomic E-state index is 0.371. The molecule has 0 radical (unpaired) electrons. The topological polar surface area (TPSA) is 70.1 Å². The molecule has 1 saturated heterocycles. The molecule has 130 valence electrons. The number of unbranched alkanes of at least 4 members (excludes halogenated alkanes) is 8. The van der Waals surface area contributed by atoms with Crippen LogP contribution in [0.25, 0.3) is 0 Å². The molecule has 0 bridgehead atoms. The van der Waals surface area contributed by atoms with Gasteiger partial charge in [0, 0.05) is 0 Å². The second-order valence-corrected chi connectivity index (χ2v) is 6.62. The molecule has 3 unspecified atom stereocenters. The fraction of sp³-hybridized carbons (Fsp3) is 0.944. The Balaban J connectivity index is 1.81. The molecule has 4 heteroatoms. The second kappa shape index (κ2) is 11.9. The molecule has 1 aliphatic heterocycles. The highest BCUT2D eigenvalue weighted by Gasteiger charge is 2.36. The third kappa shape index (κ3) is 9.42. The molecule has 22 heavy (non-hydrogen) atoms. The monoisotopic (exact) mass is 314 g/mol. The average molecular weight is 314 g/mol. The van der Waals surface area contributed by atoms with E-state index in [-0.39, 0.29) is 0 Å². The van der Waals surface area contributed by atoms with Gasteiger partial charge in [0.15, 0.2) is 6.10 Å². The first-order valence-electron chi connectivity index (χ1n) is 9.21. The van der Waals surface area contributed by atoms with Crippen molar-refractivity contribution in [2.24, 2.45) is 0 Å². The van der Waals surface area contributed by atoms with Gasteiger partial charge in [-0.3, -0.25) is 0 Å². The fourth-order valence-electron chi connectivity index (χ4n) is 2.97. The Kier molecular flexibility index (Phi) is 10.5. The number of aliphatic hydroxyl groups excluding tert-OH is 1. The Morgan fingerprint density at radius 1 is 0.909 bits per heavy atom. The number of carboxylic acid groups (broad SMARTS) is 1. The van der Waals surface area contributed by atoms with E-state index in [0.717, 1.165) is 32.1 Å². The smallest absolute Gasteiger partial charge is 0.332 e. The maximum absolute atomic E-state index is 10.4. The molecule has 1 heterocycles. The Labute approximate surface area is 135 Å². The fourth-order valence-corrected chi connectivity index (χ4v) is 2.97. The molecule has 0 amide bonds. The number of hydrogen-bond donors (Lipinski definition) is 2. The van der Waals surface area contributed by atoms with Crippen molar-refractivity contribution < 1.29 is 19.7 Å². The zero-order valence-corrected chi connectivity index (χ0v) is 14.1. The van der Waals surface area contributed by atoms with E-state index in [2.05, 4.69) is 6.92 Å². The summed E-state index contributed by atoms with van der Waals surface area (Å²) in [5.74, 6) is -1.11. The Morgan fingerprint density at radius 2 is 1.41 bits per heavy atom. The number of epoxide rings is 1. The molecule has 1 rings (SSSR count). The lowest BCUT2D eigenvalue weighted by Gasteiger charge is -2.04. The van der Waals surface area contributed by atoms with Crippen LogP contribution >= 0.6 is 0 Å². The van der Waals surface area contributed by atoms with Crippen LogP contribution in [0, 0.1) is 0 Å². The number of aliphatic hydroxyl groups is 1. The summed E-state index contributed by atoms with van der Waals surface area (Å²) in [6.45, 7) is 2.25. The lowest BCUT2D eigenvalue weighted by Crippen LogP contribution is -2.18. The first-order valence-corrected chi connectivity index (χ1v) is 9.21. The normalized spacial score (nSPS) is 21.7. The molecule has 2 N–H and O–H groups in total.